The maximum Gasteiger partial charge on any atom is 0.395 e. The maximum absolute atomic E-state index is 11.7. The molecule has 10 nitrogen and oxygen atoms in total. The van der Waals surface area contributed by atoms with E-state index in [1.807, 2.05) is 0 Å². The molecule has 0 fully saturated rings. The molecule has 0 saturated carbocycles. The zero-order valence-electron chi connectivity index (χ0n) is 14.0. The van der Waals surface area contributed by atoms with Crippen molar-refractivity contribution in [2.45, 2.75) is 6.92 Å². The lowest BCUT2D eigenvalue weighted by Gasteiger charge is -2.09. The Bertz CT molecular complexity index is 956. The number of aromatic hydroxyl groups is 1. The van der Waals surface area contributed by atoms with E-state index in [1.165, 1.54) is 12.2 Å². The molecule has 0 aliphatic rings. The molecule has 0 bridgehead atoms. The van der Waals surface area contributed by atoms with Crippen molar-refractivity contribution < 1.29 is 24.3 Å². The Morgan fingerprint density at radius 3 is 2.81 bits per heavy atom. The minimum Gasteiger partial charge on any atom is -0.488 e. The number of carbonyl (C=O) groups is 1. The number of carbonyl (C=O) groups excluding carboxylic acids is 1. The summed E-state index contributed by atoms with van der Waals surface area (Å²) in [4.78, 5) is 38.5. The Hall–Kier alpha value is -3.21. The molecule has 0 aliphatic heterocycles. The molecule has 2 aromatic rings. The van der Waals surface area contributed by atoms with E-state index in [1.54, 1.807) is 25.1 Å². The number of H-pyrrole nitrogens is 1. The number of hydrogen-bond acceptors (Lipinski definition) is 8. The lowest BCUT2D eigenvalue weighted by molar-refractivity contribution is -0.387. The SMILES string of the molecule is CCOC(=O)COc1ccc(Br)cc1/C=C/c1nc(O)c([N+](=O)[O-])c(=O)[nH]1. The van der Waals surface area contributed by atoms with Gasteiger partial charge in [-0.3, -0.25) is 14.9 Å². The standard InChI is InChI=1S/C16H14BrN3O7/c1-2-26-13(21)8-27-11-5-4-10(17)7-9(11)3-6-12-18-15(22)14(20(24)25)16(23)19-12/h3-7H,2,8H2,1H3,(H2,18,19,22,23)/b6-3+. The minimum absolute atomic E-state index is 0.0978. The van der Waals surface area contributed by atoms with Gasteiger partial charge in [0.15, 0.2) is 6.61 Å². The van der Waals surface area contributed by atoms with Crippen molar-refractivity contribution >= 4 is 39.7 Å². The fourth-order valence-electron chi connectivity index (χ4n) is 2.00. The third-order valence-electron chi connectivity index (χ3n) is 3.12. The number of halogens is 1. The Morgan fingerprint density at radius 1 is 1.44 bits per heavy atom. The molecule has 0 unspecified atom stereocenters. The van der Waals surface area contributed by atoms with Crippen molar-refractivity contribution in [2.24, 2.45) is 0 Å². The first-order valence-corrected chi connectivity index (χ1v) is 8.34. The van der Waals surface area contributed by atoms with Crippen molar-refractivity contribution in [1.82, 2.24) is 9.97 Å². The summed E-state index contributed by atoms with van der Waals surface area (Å²) >= 11 is 3.31. The van der Waals surface area contributed by atoms with E-state index < -0.39 is 28.0 Å². The van der Waals surface area contributed by atoms with Gasteiger partial charge in [0.2, 0.25) is 0 Å². The molecule has 0 atom stereocenters. The molecule has 0 amide bonds. The van der Waals surface area contributed by atoms with E-state index in [0.717, 1.165) is 4.47 Å². The molecule has 1 heterocycles. The molecule has 0 radical (unpaired) electrons. The number of aromatic amines is 1. The van der Waals surface area contributed by atoms with Crippen LogP contribution in [0.4, 0.5) is 5.69 Å². The second-order valence-electron chi connectivity index (χ2n) is 4.99. The van der Waals surface area contributed by atoms with E-state index in [9.17, 15) is 24.8 Å². The van der Waals surface area contributed by atoms with E-state index in [-0.39, 0.29) is 19.0 Å². The molecule has 27 heavy (non-hydrogen) atoms. The minimum atomic E-state index is -1.08. The van der Waals surface area contributed by atoms with Gasteiger partial charge < -0.3 is 19.6 Å². The molecule has 11 heteroatoms. The predicted octanol–water partition coefficient (Wildman–Crippen LogP) is 2.26. The summed E-state index contributed by atoms with van der Waals surface area (Å²) in [7, 11) is 0. The van der Waals surface area contributed by atoms with Crippen molar-refractivity contribution in [3.63, 3.8) is 0 Å². The fourth-order valence-corrected chi connectivity index (χ4v) is 2.38. The number of nitro groups is 1. The molecule has 0 spiro atoms. The van der Waals surface area contributed by atoms with Crippen LogP contribution in [0.15, 0.2) is 27.5 Å². The maximum atomic E-state index is 11.7. The third kappa shape index (κ3) is 5.38. The van der Waals surface area contributed by atoms with Crippen LogP contribution in [0.25, 0.3) is 12.2 Å². The van der Waals surface area contributed by atoms with Gasteiger partial charge in [-0.25, -0.2) is 4.79 Å². The molecular formula is C16H14BrN3O7. The number of aromatic nitrogens is 2. The summed E-state index contributed by atoms with van der Waals surface area (Å²) in [5, 5.41) is 20.2. The zero-order chi connectivity index (χ0) is 20.0. The summed E-state index contributed by atoms with van der Waals surface area (Å²) in [6.07, 6.45) is 2.82. The lowest BCUT2D eigenvalue weighted by atomic mass is 10.2. The van der Waals surface area contributed by atoms with Crippen LogP contribution in [0.5, 0.6) is 11.6 Å². The van der Waals surface area contributed by atoms with E-state index in [0.29, 0.717) is 11.3 Å². The van der Waals surface area contributed by atoms with Crippen molar-refractivity contribution in [1.29, 1.82) is 0 Å². The quantitative estimate of drug-likeness (QED) is 0.379. The van der Waals surface area contributed by atoms with Crippen LogP contribution in [0, 0.1) is 10.1 Å². The number of esters is 1. The van der Waals surface area contributed by atoms with Gasteiger partial charge >= 0.3 is 17.2 Å². The monoisotopic (exact) mass is 439 g/mol. The summed E-state index contributed by atoms with van der Waals surface area (Å²) in [5.41, 5.74) is -1.59. The smallest absolute Gasteiger partial charge is 0.395 e. The molecule has 2 N–H and O–H groups in total. The number of hydrogen-bond donors (Lipinski definition) is 2. The highest BCUT2D eigenvalue weighted by atomic mass is 79.9. The summed E-state index contributed by atoms with van der Waals surface area (Å²) in [5.74, 6) is -1.26. The molecule has 2 rings (SSSR count). The summed E-state index contributed by atoms with van der Waals surface area (Å²) in [6.45, 7) is 1.63. The number of ether oxygens (including phenoxy) is 2. The Kier molecular flexibility index (Phi) is 6.66. The van der Waals surface area contributed by atoms with Gasteiger partial charge in [0.1, 0.15) is 11.6 Å². The van der Waals surface area contributed by atoms with Gasteiger partial charge in [-0.1, -0.05) is 15.9 Å². The van der Waals surface area contributed by atoms with Crippen molar-refractivity contribution in [3.05, 3.63) is 54.5 Å². The Balaban J connectivity index is 2.28. The largest absolute Gasteiger partial charge is 0.488 e. The highest BCUT2D eigenvalue weighted by Crippen LogP contribution is 2.25. The fraction of sp³-hybridized carbons (Fsp3) is 0.188. The Morgan fingerprint density at radius 2 is 2.19 bits per heavy atom. The highest BCUT2D eigenvalue weighted by molar-refractivity contribution is 9.10. The van der Waals surface area contributed by atoms with Crippen LogP contribution in [0.3, 0.4) is 0 Å². The first-order valence-electron chi connectivity index (χ1n) is 7.55. The summed E-state index contributed by atoms with van der Waals surface area (Å²) < 4.78 is 10.9. The average molecular weight is 440 g/mol. The van der Waals surface area contributed by atoms with Gasteiger partial charge in [0.25, 0.3) is 5.88 Å². The van der Waals surface area contributed by atoms with Gasteiger partial charge in [-0.2, -0.15) is 4.98 Å². The van der Waals surface area contributed by atoms with Crippen LogP contribution in [0.2, 0.25) is 0 Å². The van der Waals surface area contributed by atoms with E-state index >= 15 is 0 Å². The molecule has 0 aliphatic carbocycles. The lowest BCUT2D eigenvalue weighted by Crippen LogP contribution is -2.15. The van der Waals surface area contributed by atoms with Crippen LogP contribution >= 0.6 is 15.9 Å². The normalized spacial score (nSPS) is 10.7. The molecule has 1 aromatic heterocycles. The van der Waals surface area contributed by atoms with Crippen LogP contribution < -0.4 is 10.3 Å². The highest BCUT2D eigenvalue weighted by Gasteiger charge is 2.21. The van der Waals surface area contributed by atoms with Crippen LogP contribution in [0.1, 0.15) is 18.3 Å². The van der Waals surface area contributed by atoms with Gasteiger partial charge in [0.05, 0.1) is 11.5 Å². The van der Waals surface area contributed by atoms with Gasteiger partial charge in [-0.15, -0.1) is 0 Å². The first-order chi connectivity index (χ1) is 12.8. The molecular weight excluding hydrogens is 426 g/mol. The van der Waals surface area contributed by atoms with Crippen LogP contribution in [-0.4, -0.2) is 39.2 Å². The number of rotatable bonds is 7. The Labute approximate surface area is 160 Å². The van der Waals surface area contributed by atoms with Gasteiger partial charge in [0, 0.05) is 10.0 Å². The topological polar surface area (TPSA) is 145 Å². The van der Waals surface area contributed by atoms with Crippen LogP contribution in [-0.2, 0) is 9.53 Å². The van der Waals surface area contributed by atoms with Gasteiger partial charge in [-0.05, 0) is 37.3 Å². The number of nitrogens with zero attached hydrogens (tertiary/aromatic N) is 2. The molecule has 142 valence electrons. The second-order valence-corrected chi connectivity index (χ2v) is 5.91. The zero-order valence-corrected chi connectivity index (χ0v) is 15.6. The van der Waals surface area contributed by atoms with Crippen molar-refractivity contribution in [2.75, 3.05) is 13.2 Å². The predicted molar refractivity (Wildman–Crippen MR) is 98.4 cm³/mol. The third-order valence-corrected chi connectivity index (χ3v) is 3.61. The molecule has 1 aromatic carbocycles. The number of benzene rings is 1. The number of nitrogens with one attached hydrogen (secondary N) is 1. The first kappa shape index (κ1) is 20.1. The second kappa shape index (κ2) is 8.94. The average Bonchev–Trinajstić information content (AvgIpc) is 2.58. The van der Waals surface area contributed by atoms with E-state index in [2.05, 4.69) is 25.9 Å². The summed E-state index contributed by atoms with van der Waals surface area (Å²) in [6, 6.07) is 5.00. The van der Waals surface area contributed by atoms with E-state index in [4.69, 9.17) is 9.47 Å². The molecule has 0 saturated heterocycles. The van der Waals surface area contributed by atoms with Crippen molar-refractivity contribution in [3.8, 4) is 11.6 Å².